The number of nitrogens with one attached hydrogen (secondary N) is 2. The minimum absolute atomic E-state index is 0.883. The Bertz CT molecular complexity index is 755. The maximum absolute atomic E-state index is 3.52. The van der Waals surface area contributed by atoms with E-state index in [9.17, 15) is 0 Å². The fourth-order valence-corrected chi connectivity index (χ4v) is 3.72. The number of alkyl halides is 2. The lowest BCUT2D eigenvalue weighted by Gasteiger charge is -2.08. The summed E-state index contributed by atoms with van der Waals surface area (Å²) < 4.78 is 0. The van der Waals surface area contributed by atoms with Crippen LogP contribution in [0.1, 0.15) is 33.4 Å². The number of rotatable bonds is 10. The van der Waals surface area contributed by atoms with Gasteiger partial charge in [0.25, 0.3) is 0 Å². The van der Waals surface area contributed by atoms with Gasteiger partial charge in [0.2, 0.25) is 0 Å². The molecule has 0 aliphatic heterocycles. The molecule has 4 heteroatoms. The summed E-state index contributed by atoms with van der Waals surface area (Å²) in [6.45, 7) is 3.54. The lowest BCUT2D eigenvalue weighted by atomic mass is 10.1. The van der Waals surface area contributed by atoms with Gasteiger partial charge in [-0.2, -0.15) is 0 Å². The van der Waals surface area contributed by atoms with Crippen LogP contribution in [0.25, 0.3) is 0 Å². The SMILES string of the molecule is BrCc1ccc(CNCc2ccc(CNCc3ccc(CBr)cc3)cc2)cc1. The van der Waals surface area contributed by atoms with E-state index in [1.54, 1.807) is 0 Å². The zero-order valence-corrected chi connectivity index (χ0v) is 19.1. The molecular formula is C24H26Br2N2. The van der Waals surface area contributed by atoms with Crippen molar-refractivity contribution in [3.8, 4) is 0 Å². The van der Waals surface area contributed by atoms with Crippen molar-refractivity contribution in [2.45, 2.75) is 36.8 Å². The van der Waals surface area contributed by atoms with E-state index in [1.807, 2.05) is 0 Å². The number of halogens is 2. The summed E-state index contributed by atoms with van der Waals surface area (Å²) in [6.07, 6.45) is 0. The van der Waals surface area contributed by atoms with Gasteiger partial charge in [-0.15, -0.1) is 0 Å². The predicted octanol–water partition coefficient (Wildman–Crippen LogP) is 6.06. The summed E-state index contributed by atoms with van der Waals surface area (Å²) >= 11 is 6.96. The van der Waals surface area contributed by atoms with Crippen molar-refractivity contribution in [3.63, 3.8) is 0 Å². The fraction of sp³-hybridized carbons (Fsp3) is 0.250. The van der Waals surface area contributed by atoms with Gasteiger partial charge in [0.15, 0.2) is 0 Å². The molecule has 0 spiro atoms. The standard InChI is InChI=1S/C24H26Br2N2/c25-13-19-1-5-21(6-2-19)15-27-17-23-9-11-24(12-10-23)18-28-16-22-7-3-20(14-26)4-8-22/h1-12,27-28H,13-18H2. The van der Waals surface area contributed by atoms with Crippen molar-refractivity contribution in [1.29, 1.82) is 0 Å². The van der Waals surface area contributed by atoms with Gasteiger partial charge in [0.1, 0.15) is 0 Å². The molecular weight excluding hydrogens is 476 g/mol. The molecule has 0 radical (unpaired) electrons. The fourth-order valence-electron chi connectivity index (χ4n) is 2.97. The molecule has 0 unspecified atom stereocenters. The second-order valence-corrected chi connectivity index (χ2v) is 8.05. The van der Waals surface area contributed by atoms with Gasteiger partial charge in [-0.3, -0.25) is 0 Å². The molecule has 3 aromatic rings. The van der Waals surface area contributed by atoms with E-state index in [0.717, 1.165) is 36.8 Å². The molecule has 0 saturated carbocycles. The molecule has 3 rings (SSSR count). The molecule has 146 valence electrons. The summed E-state index contributed by atoms with van der Waals surface area (Å²) in [7, 11) is 0. The first kappa shape index (κ1) is 21.3. The first-order valence-corrected chi connectivity index (χ1v) is 11.8. The molecule has 0 aromatic heterocycles. The Hall–Kier alpha value is -1.46. The van der Waals surface area contributed by atoms with E-state index >= 15 is 0 Å². The summed E-state index contributed by atoms with van der Waals surface area (Å²) in [4.78, 5) is 0. The average Bonchev–Trinajstić information content (AvgIpc) is 2.76. The van der Waals surface area contributed by atoms with Crippen LogP contribution in [0.15, 0.2) is 72.8 Å². The third-order valence-corrected chi connectivity index (χ3v) is 5.99. The zero-order chi connectivity index (χ0) is 19.6. The summed E-state index contributed by atoms with van der Waals surface area (Å²) in [5.41, 5.74) is 7.87. The van der Waals surface area contributed by atoms with Crippen LogP contribution in [0, 0.1) is 0 Å². The van der Waals surface area contributed by atoms with Crippen LogP contribution < -0.4 is 10.6 Å². The third kappa shape index (κ3) is 6.85. The minimum atomic E-state index is 0.883. The summed E-state index contributed by atoms with van der Waals surface area (Å²) in [6, 6.07) is 26.3. The zero-order valence-electron chi connectivity index (χ0n) is 15.9. The normalized spacial score (nSPS) is 10.9. The highest BCUT2D eigenvalue weighted by atomic mass is 79.9. The maximum Gasteiger partial charge on any atom is 0.0283 e. The molecule has 0 saturated heterocycles. The Morgan fingerprint density at radius 3 is 0.821 bits per heavy atom. The monoisotopic (exact) mass is 500 g/mol. The van der Waals surface area contributed by atoms with Crippen LogP contribution in [0.3, 0.4) is 0 Å². The van der Waals surface area contributed by atoms with Crippen molar-refractivity contribution in [2.24, 2.45) is 0 Å². The molecule has 2 nitrogen and oxygen atoms in total. The molecule has 3 aromatic carbocycles. The largest absolute Gasteiger partial charge is 0.309 e. The molecule has 0 heterocycles. The Labute approximate surface area is 185 Å². The van der Waals surface area contributed by atoms with E-state index in [1.165, 1.54) is 33.4 Å². The first-order chi connectivity index (χ1) is 13.8. The molecule has 0 aliphatic carbocycles. The van der Waals surface area contributed by atoms with E-state index < -0.39 is 0 Å². The molecule has 0 fully saturated rings. The smallest absolute Gasteiger partial charge is 0.0283 e. The molecule has 28 heavy (non-hydrogen) atoms. The van der Waals surface area contributed by atoms with Crippen LogP contribution >= 0.6 is 31.9 Å². The van der Waals surface area contributed by atoms with E-state index in [-0.39, 0.29) is 0 Å². The average molecular weight is 502 g/mol. The number of benzene rings is 3. The topological polar surface area (TPSA) is 24.1 Å². The highest BCUT2D eigenvalue weighted by Gasteiger charge is 1.98. The number of hydrogen-bond acceptors (Lipinski definition) is 2. The van der Waals surface area contributed by atoms with Gasteiger partial charge >= 0.3 is 0 Å². The van der Waals surface area contributed by atoms with Crippen LogP contribution in [-0.4, -0.2) is 0 Å². The van der Waals surface area contributed by atoms with E-state index in [4.69, 9.17) is 0 Å². The van der Waals surface area contributed by atoms with Crippen molar-refractivity contribution < 1.29 is 0 Å². The van der Waals surface area contributed by atoms with Crippen molar-refractivity contribution in [3.05, 3.63) is 106 Å². The van der Waals surface area contributed by atoms with Crippen molar-refractivity contribution in [1.82, 2.24) is 10.6 Å². The summed E-state index contributed by atoms with van der Waals surface area (Å²) in [5.74, 6) is 0. The predicted molar refractivity (Wildman–Crippen MR) is 126 cm³/mol. The lowest BCUT2D eigenvalue weighted by molar-refractivity contribution is 0.685. The van der Waals surface area contributed by atoms with Gasteiger partial charge < -0.3 is 10.6 Å². The van der Waals surface area contributed by atoms with Crippen LogP contribution in [0.4, 0.5) is 0 Å². The lowest BCUT2D eigenvalue weighted by Crippen LogP contribution is -2.14. The van der Waals surface area contributed by atoms with Crippen LogP contribution in [0.5, 0.6) is 0 Å². The van der Waals surface area contributed by atoms with Gasteiger partial charge in [-0.05, 0) is 33.4 Å². The first-order valence-electron chi connectivity index (χ1n) is 9.53. The Balaban J connectivity index is 1.38. The molecule has 2 N–H and O–H groups in total. The molecule has 0 amide bonds. The van der Waals surface area contributed by atoms with Gasteiger partial charge in [0.05, 0.1) is 0 Å². The van der Waals surface area contributed by atoms with Gasteiger partial charge in [0, 0.05) is 36.8 Å². The number of hydrogen-bond donors (Lipinski definition) is 2. The molecule has 0 atom stereocenters. The van der Waals surface area contributed by atoms with Crippen molar-refractivity contribution in [2.75, 3.05) is 0 Å². The van der Waals surface area contributed by atoms with Crippen LogP contribution in [0.2, 0.25) is 0 Å². The highest BCUT2D eigenvalue weighted by molar-refractivity contribution is 9.08. The summed E-state index contributed by atoms with van der Waals surface area (Å²) in [5, 5.41) is 8.85. The Morgan fingerprint density at radius 1 is 0.393 bits per heavy atom. The maximum atomic E-state index is 3.52. The minimum Gasteiger partial charge on any atom is -0.309 e. The van der Waals surface area contributed by atoms with Gasteiger partial charge in [-0.25, -0.2) is 0 Å². The third-order valence-electron chi connectivity index (χ3n) is 4.69. The van der Waals surface area contributed by atoms with Gasteiger partial charge in [-0.1, -0.05) is 105 Å². The van der Waals surface area contributed by atoms with E-state index in [0.29, 0.717) is 0 Å². The highest BCUT2D eigenvalue weighted by Crippen LogP contribution is 2.10. The molecule has 0 aliphatic rings. The van der Waals surface area contributed by atoms with Crippen molar-refractivity contribution >= 4 is 31.9 Å². The second kappa shape index (κ2) is 11.5. The molecule has 0 bridgehead atoms. The van der Waals surface area contributed by atoms with E-state index in [2.05, 4.69) is 115 Å². The second-order valence-electron chi connectivity index (χ2n) is 6.92. The quantitative estimate of drug-likeness (QED) is 0.330. The Kier molecular flexibility index (Phi) is 8.74. The Morgan fingerprint density at radius 2 is 0.607 bits per heavy atom. The van der Waals surface area contributed by atoms with Crippen LogP contribution in [-0.2, 0) is 36.8 Å².